The van der Waals surface area contributed by atoms with Gasteiger partial charge >= 0.3 is 17.9 Å². The lowest BCUT2D eigenvalue weighted by atomic mass is 10.0. The number of hydrogen-bond acceptors (Lipinski definition) is 6. The van der Waals surface area contributed by atoms with Crippen molar-refractivity contribution >= 4 is 17.9 Å². The largest absolute Gasteiger partial charge is 0.462 e. The van der Waals surface area contributed by atoms with Crippen LogP contribution in [0.25, 0.3) is 0 Å². The normalized spacial score (nSPS) is 12.6. The van der Waals surface area contributed by atoms with Gasteiger partial charge in [0.15, 0.2) is 6.10 Å². The summed E-state index contributed by atoms with van der Waals surface area (Å²) >= 11 is 0. The molecule has 0 rings (SSSR count). The van der Waals surface area contributed by atoms with E-state index in [4.69, 9.17) is 14.2 Å². The molecule has 0 fully saturated rings. The number of carbonyl (C=O) groups excluding carboxylic acids is 3. The van der Waals surface area contributed by atoms with Gasteiger partial charge in [-0.25, -0.2) is 0 Å². The van der Waals surface area contributed by atoms with Crippen molar-refractivity contribution in [2.75, 3.05) is 13.2 Å². The standard InChI is InChI=1S/C73H128O6/c1-4-7-10-13-15-17-19-21-23-25-27-29-31-32-33-34-35-36-37-38-39-40-42-43-45-47-49-51-53-55-57-60-63-66-72(75)78-69-70(68-77-71(74)65-62-59-12-9-6-3)79-73(76)67-64-61-58-56-54-52-50-48-46-44-41-30-28-26-24-22-20-18-16-14-11-8-5-2/h8,11,16,18,22,24,28,30,44,46,50,52,56,58,70H,4-7,9-10,12-15,17,19-21,23,25-27,29,31-43,45,47-49,51,53-55,57,59-69H2,1-3H3/b11-8-,18-16-,24-22-,30-28-,46-44-,52-50-,58-56-. The fourth-order valence-electron chi connectivity index (χ4n) is 9.85. The minimum Gasteiger partial charge on any atom is -0.462 e. The molecule has 0 aromatic rings. The smallest absolute Gasteiger partial charge is 0.306 e. The van der Waals surface area contributed by atoms with Crippen LogP contribution in [0.5, 0.6) is 0 Å². The Kier molecular flexibility index (Phi) is 64.2. The van der Waals surface area contributed by atoms with Gasteiger partial charge in [0.05, 0.1) is 0 Å². The van der Waals surface area contributed by atoms with E-state index in [9.17, 15) is 14.4 Å². The number of allylic oxidation sites excluding steroid dienone is 14. The van der Waals surface area contributed by atoms with E-state index in [1.807, 2.05) is 0 Å². The second-order valence-corrected chi connectivity index (χ2v) is 22.7. The first-order chi connectivity index (χ1) is 39.0. The molecule has 0 heterocycles. The maximum Gasteiger partial charge on any atom is 0.306 e. The Morgan fingerprint density at radius 1 is 0.266 bits per heavy atom. The Balaban J connectivity index is 4.00. The van der Waals surface area contributed by atoms with Gasteiger partial charge in [-0.05, 0) is 70.6 Å². The van der Waals surface area contributed by atoms with Crippen molar-refractivity contribution in [1.29, 1.82) is 0 Å². The van der Waals surface area contributed by atoms with E-state index in [2.05, 4.69) is 106 Å². The van der Waals surface area contributed by atoms with Gasteiger partial charge in [0.2, 0.25) is 0 Å². The molecule has 0 aromatic heterocycles. The van der Waals surface area contributed by atoms with Crippen molar-refractivity contribution < 1.29 is 28.6 Å². The Bertz CT molecular complexity index is 1500. The molecule has 456 valence electrons. The van der Waals surface area contributed by atoms with Gasteiger partial charge in [0, 0.05) is 19.3 Å². The quantitative estimate of drug-likeness (QED) is 0.0261. The molecular weight excluding hydrogens is 973 g/mol. The predicted octanol–water partition coefficient (Wildman–Crippen LogP) is 23.4. The lowest BCUT2D eigenvalue weighted by Gasteiger charge is -2.18. The van der Waals surface area contributed by atoms with Crippen LogP contribution < -0.4 is 0 Å². The highest BCUT2D eigenvalue weighted by Gasteiger charge is 2.19. The zero-order chi connectivity index (χ0) is 57.1. The van der Waals surface area contributed by atoms with Gasteiger partial charge < -0.3 is 14.2 Å². The second-order valence-electron chi connectivity index (χ2n) is 22.7. The Hall–Kier alpha value is -3.41. The fraction of sp³-hybridized carbons (Fsp3) is 0.767. The van der Waals surface area contributed by atoms with Crippen LogP contribution in [0.2, 0.25) is 0 Å². The predicted molar refractivity (Wildman–Crippen MR) is 344 cm³/mol. The third kappa shape index (κ3) is 65.3. The molecule has 0 saturated carbocycles. The first-order valence-corrected chi connectivity index (χ1v) is 34.1. The first kappa shape index (κ1) is 75.6. The van der Waals surface area contributed by atoms with Crippen LogP contribution in [0.3, 0.4) is 0 Å². The van der Waals surface area contributed by atoms with Crippen LogP contribution in [0.4, 0.5) is 0 Å². The van der Waals surface area contributed by atoms with Gasteiger partial charge in [-0.1, -0.05) is 337 Å². The molecule has 0 aliphatic heterocycles. The van der Waals surface area contributed by atoms with Gasteiger partial charge in [-0.2, -0.15) is 0 Å². The van der Waals surface area contributed by atoms with Crippen molar-refractivity contribution in [3.63, 3.8) is 0 Å². The number of esters is 3. The van der Waals surface area contributed by atoms with E-state index in [1.54, 1.807) is 0 Å². The summed E-state index contributed by atoms with van der Waals surface area (Å²) in [4.78, 5) is 37.9. The van der Waals surface area contributed by atoms with Crippen molar-refractivity contribution in [3.05, 3.63) is 85.1 Å². The van der Waals surface area contributed by atoms with E-state index in [0.29, 0.717) is 19.3 Å². The minimum atomic E-state index is -0.803. The highest BCUT2D eigenvalue weighted by atomic mass is 16.6. The van der Waals surface area contributed by atoms with E-state index in [1.165, 1.54) is 193 Å². The molecule has 0 bridgehead atoms. The second kappa shape index (κ2) is 67.1. The molecule has 0 spiro atoms. The van der Waals surface area contributed by atoms with Gasteiger partial charge in [0.1, 0.15) is 13.2 Å². The maximum atomic E-state index is 12.8. The van der Waals surface area contributed by atoms with E-state index >= 15 is 0 Å². The molecule has 0 aliphatic carbocycles. The molecule has 0 radical (unpaired) electrons. The van der Waals surface area contributed by atoms with Gasteiger partial charge in [-0.3, -0.25) is 14.4 Å². The molecule has 1 atom stereocenters. The van der Waals surface area contributed by atoms with Crippen molar-refractivity contribution in [2.45, 2.75) is 348 Å². The van der Waals surface area contributed by atoms with Crippen LogP contribution in [0, 0.1) is 0 Å². The van der Waals surface area contributed by atoms with E-state index in [-0.39, 0.29) is 37.5 Å². The number of rotatable bonds is 62. The minimum absolute atomic E-state index is 0.0974. The van der Waals surface area contributed by atoms with Crippen molar-refractivity contribution in [3.8, 4) is 0 Å². The highest BCUT2D eigenvalue weighted by molar-refractivity contribution is 5.71. The molecule has 0 aliphatic rings. The molecule has 1 unspecified atom stereocenters. The van der Waals surface area contributed by atoms with E-state index in [0.717, 1.165) is 103 Å². The Morgan fingerprint density at radius 3 is 0.759 bits per heavy atom. The van der Waals surface area contributed by atoms with Crippen molar-refractivity contribution in [1.82, 2.24) is 0 Å². The summed E-state index contributed by atoms with van der Waals surface area (Å²) in [5.74, 6) is -0.961. The fourth-order valence-corrected chi connectivity index (χ4v) is 9.85. The molecule has 0 aromatic carbocycles. The maximum absolute atomic E-state index is 12.8. The molecule has 0 saturated heterocycles. The lowest BCUT2D eigenvalue weighted by molar-refractivity contribution is -0.167. The molecule has 0 amide bonds. The van der Waals surface area contributed by atoms with Crippen molar-refractivity contribution in [2.24, 2.45) is 0 Å². The monoisotopic (exact) mass is 1100 g/mol. The summed E-state index contributed by atoms with van der Waals surface area (Å²) < 4.78 is 16.7. The van der Waals surface area contributed by atoms with Crippen LogP contribution in [-0.4, -0.2) is 37.2 Å². The number of hydrogen-bond donors (Lipinski definition) is 0. The van der Waals surface area contributed by atoms with Crippen LogP contribution in [-0.2, 0) is 28.6 Å². The van der Waals surface area contributed by atoms with Crippen LogP contribution >= 0.6 is 0 Å². The number of ether oxygens (including phenoxy) is 3. The topological polar surface area (TPSA) is 78.9 Å². The summed E-state index contributed by atoms with van der Waals surface area (Å²) in [6, 6.07) is 0. The van der Waals surface area contributed by atoms with E-state index < -0.39 is 6.10 Å². The average Bonchev–Trinajstić information content (AvgIpc) is 3.45. The third-order valence-electron chi connectivity index (χ3n) is 14.9. The molecule has 6 heteroatoms. The van der Waals surface area contributed by atoms with Gasteiger partial charge in [-0.15, -0.1) is 0 Å². The molecule has 79 heavy (non-hydrogen) atoms. The zero-order valence-corrected chi connectivity index (χ0v) is 52.4. The Labute approximate surface area is 490 Å². The SMILES string of the molecule is CC/C=C\C/C=C\C/C=C\C/C=C\C/C=C\C/C=C\C/C=C\CCCC(=O)OC(COC(=O)CCCCCCC)COC(=O)CCCCCCCCCCCCCCCCCCCCCCCCCCCCCCCCCCC. The lowest BCUT2D eigenvalue weighted by Crippen LogP contribution is -2.30. The summed E-state index contributed by atoms with van der Waals surface area (Å²) in [5.41, 5.74) is 0. The number of carbonyl (C=O) groups is 3. The first-order valence-electron chi connectivity index (χ1n) is 34.1. The average molecular weight is 1100 g/mol. The van der Waals surface area contributed by atoms with Crippen LogP contribution in [0.15, 0.2) is 85.1 Å². The molecule has 6 nitrogen and oxygen atoms in total. The Morgan fingerprint density at radius 2 is 0.494 bits per heavy atom. The summed E-state index contributed by atoms with van der Waals surface area (Å²) in [6.45, 7) is 6.43. The zero-order valence-electron chi connectivity index (χ0n) is 52.4. The summed E-state index contributed by atoms with van der Waals surface area (Å²) in [6.07, 6.45) is 89.7. The van der Waals surface area contributed by atoms with Gasteiger partial charge in [0.25, 0.3) is 0 Å². The summed E-state index contributed by atoms with van der Waals surface area (Å²) in [5, 5.41) is 0. The third-order valence-corrected chi connectivity index (χ3v) is 14.9. The highest BCUT2D eigenvalue weighted by Crippen LogP contribution is 2.18. The molecule has 0 N–H and O–H groups in total. The van der Waals surface area contributed by atoms with Crippen LogP contribution in [0.1, 0.15) is 342 Å². The number of unbranched alkanes of at least 4 members (excludes halogenated alkanes) is 37. The summed E-state index contributed by atoms with van der Waals surface area (Å²) in [7, 11) is 0. The molecular formula is C73H128O6.